The Balaban J connectivity index is 1.77. The largest absolute Gasteiger partial charge is 0.378 e. The number of aryl methyl sites for hydroxylation is 1. The number of nitriles is 1. The van der Waals surface area contributed by atoms with Crippen molar-refractivity contribution in [3.05, 3.63) is 47.1 Å². The molecule has 2 aliphatic rings. The molecule has 0 aromatic carbocycles. The van der Waals surface area contributed by atoms with Gasteiger partial charge in [-0.15, -0.1) is 0 Å². The Hall–Kier alpha value is -3.66. The molecule has 1 aromatic heterocycles. The zero-order chi connectivity index (χ0) is 23.8. The van der Waals surface area contributed by atoms with Gasteiger partial charge in [0.25, 0.3) is 0 Å². The average molecular weight is 449 g/mol. The first kappa shape index (κ1) is 24.0. The normalized spacial score (nSPS) is 17.4. The quantitative estimate of drug-likeness (QED) is 0.340. The number of hydrogen-bond donors (Lipinski definition) is 3. The first-order valence-electron chi connectivity index (χ1n) is 10.8. The van der Waals surface area contributed by atoms with E-state index < -0.39 is 5.60 Å². The van der Waals surface area contributed by atoms with Gasteiger partial charge in [0.15, 0.2) is 0 Å². The van der Waals surface area contributed by atoms with E-state index >= 15 is 0 Å². The van der Waals surface area contributed by atoms with Crippen LogP contribution in [0.15, 0.2) is 35.8 Å². The molecule has 2 aliphatic heterocycles. The van der Waals surface area contributed by atoms with Gasteiger partial charge in [0.05, 0.1) is 18.0 Å². The van der Waals surface area contributed by atoms with Crippen molar-refractivity contribution in [3.8, 4) is 17.9 Å². The third kappa shape index (κ3) is 6.66. The van der Waals surface area contributed by atoms with E-state index in [0.29, 0.717) is 54.7 Å². The number of aliphatic hydroxyl groups is 1. The summed E-state index contributed by atoms with van der Waals surface area (Å²) >= 11 is 0. The van der Waals surface area contributed by atoms with Crippen LogP contribution in [0.2, 0.25) is 0 Å². The minimum absolute atomic E-state index is 0.00554. The third-order valence-electron chi connectivity index (χ3n) is 4.90. The smallest absolute Gasteiger partial charge is 0.248 e. The molecular weight excluding hydrogens is 420 g/mol. The van der Waals surface area contributed by atoms with Crippen molar-refractivity contribution in [1.82, 2.24) is 20.2 Å². The van der Waals surface area contributed by atoms with Gasteiger partial charge in [-0.2, -0.15) is 5.26 Å². The second-order valence-electron chi connectivity index (χ2n) is 8.19. The van der Waals surface area contributed by atoms with Crippen LogP contribution in [0.1, 0.15) is 31.5 Å². The molecule has 0 radical (unpaired) electrons. The molecule has 1 amide bonds. The second kappa shape index (κ2) is 10.8. The summed E-state index contributed by atoms with van der Waals surface area (Å²) in [6.45, 7) is 7.56. The summed E-state index contributed by atoms with van der Waals surface area (Å²) in [5, 5.41) is 26.2. The van der Waals surface area contributed by atoms with Gasteiger partial charge in [-0.25, -0.2) is 9.97 Å². The summed E-state index contributed by atoms with van der Waals surface area (Å²) in [4.78, 5) is 22.5. The second-order valence-corrected chi connectivity index (χ2v) is 8.19. The number of ether oxygens (including phenoxy) is 1. The van der Waals surface area contributed by atoms with E-state index in [1.54, 1.807) is 43.3 Å². The Morgan fingerprint density at radius 1 is 1.45 bits per heavy atom. The van der Waals surface area contributed by atoms with E-state index in [4.69, 9.17) is 4.74 Å². The first-order valence-corrected chi connectivity index (χ1v) is 10.8. The molecule has 0 atom stereocenters. The van der Waals surface area contributed by atoms with Crippen molar-refractivity contribution in [1.29, 1.82) is 5.26 Å². The number of amides is 1. The average Bonchev–Trinajstić information content (AvgIpc) is 2.79. The zero-order valence-electron chi connectivity index (χ0n) is 19.1. The SMILES string of the molecule is Cc1cnc(NCCCN2CCOCC2=O)nc1/C(C#N)=C1\NC=CC=C1C#CC(C)(C)O. The van der Waals surface area contributed by atoms with E-state index in [2.05, 4.69) is 38.5 Å². The molecular formula is C24H28N6O3. The van der Waals surface area contributed by atoms with Crippen LogP contribution in [0.25, 0.3) is 5.57 Å². The number of nitrogens with one attached hydrogen (secondary N) is 2. The highest BCUT2D eigenvalue weighted by molar-refractivity contribution is 5.83. The van der Waals surface area contributed by atoms with Gasteiger partial charge in [0, 0.05) is 37.6 Å². The molecule has 1 fully saturated rings. The molecule has 9 heteroatoms. The first-order chi connectivity index (χ1) is 15.8. The summed E-state index contributed by atoms with van der Waals surface area (Å²) in [5.41, 5.74) is 1.52. The molecule has 0 saturated carbocycles. The lowest BCUT2D eigenvalue weighted by atomic mass is 10.00. The summed E-state index contributed by atoms with van der Waals surface area (Å²) in [7, 11) is 0. The fourth-order valence-electron chi connectivity index (χ4n) is 3.23. The summed E-state index contributed by atoms with van der Waals surface area (Å²) in [6.07, 6.45) is 7.68. The molecule has 3 rings (SSSR count). The minimum Gasteiger partial charge on any atom is -0.378 e. The molecule has 172 valence electrons. The van der Waals surface area contributed by atoms with Gasteiger partial charge in [-0.3, -0.25) is 4.79 Å². The Labute approximate surface area is 193 Å². The van der Waals surface area contributed by atoms with Crippen molar-refractivity contribution < 1.29 is 14.6 Å². The van der Waals surface area contributed by atoms with Crippen LogP contribution in [-0.2, 0) is 9.53 Å². The lowest BCUT2D eigenvalue weighted by Crippen LogP contribution is -2.42. The molecule has 3 N–H and O–H groups in total. The highest BCUT2D eigenvalue weighted by Gasteiger charge is 2.19. The van der Waals surface area contributed by atoms with Crippen LogP contribution in [-0.4, -0.2) is 64.3 Å². The molecule has 1 saturated heterocycles. The highest BCUT2D eigenvalue weighted by atomic mass is 16.5. The molecule has 0 unspecified atom stereocenters. The molecule has 33 heavy (non-hydrogen) atoms. The standard InChI is InChI=1S/C24H28N6O3/c1-17-15-28-23(27-10-5-11-30-12-13-33-16-20(30)31)29-21(17)19(14-25)22-18(6-4-9-26-22)7-8-24(2,3)32/h4,6,9,15,26,32H,5,10-13,16H2,1-3H3,(H,27,28,29)/b22-19-. The minimum atomic E-state index is -1.16. The van der Waals surface area contributed by atoms with Crippen LogP contribution in [0.3, 0.4) is 0 Å². The fraction of sp³-hybridized carbons (Fsp3) is 0.417. The molecule has 9 nitrogen and oxygen atoms in total. The van der Waals surface area contributed by atoms with Crippen LogP contribution in [0, 0.1) is 30.1 Å². The van der Waals surface area contributed by atoms with Gasteiger partial charge in [0.1, 0.15) is 23.9 Å². The zero-order valence-corrected chi connectivity index (χ0v) is 19.1. The molecule has 0 bridgehead atoms. The monoisotopic (exact) mass is 448 g/mol. The van der Waals surface area contributed by atoms with Gasteiger partial charge >= 0.3 is 0 Å². The topological polar surface area (TPSA) is 123 Å². The van der Waals surface area contributed by atoms with Crippen LogP contribution in [0.4, 0.5) is 5.95 Å². The van der Waals surface area contributed by atoms with E-state index in [1.807, 2.05) is 6.92 Å². The van der Waals surface area contributed by atoms with E-state index in [-0.39, 0.29) is 12.5 Å². The Kier molecular flexibility index (Phi) is 7.83. The number of hydrogen-bond acceptors (Lipinski definition) is 8. The lowest BCUT2D eigenvalue weighted by Gasteiger charge is -2.26. The highest BCUT2D eigenvalue weighted by Crippen LogP contribution is 2.25. The number of nitrogens with zero attached hydrogens (tertiary/aromatic N) is 4. The third-order valence-corrected chi connectivity index (χ3v) is 4.90. The Morgan fingerprint density at radius 3 is 3.00 bits per heavy atom. The van der Waals surface area contributed by atoms with E-state index in [0.717, 1.165) is 12.0 Å². The number of carbonyl (C=O) groups is 1. The van der Waals surface area contributed by atoms with Crippen molar-refractivity contribution in [3.63, 3.8) is 0 Å². The summed E-state index contributed by atoms with van der Waals surface area (Å²) in [5.74, 6) is 6.13. The fourth-order valence-corrected chi connectivity index (χ4v) is 3.23. The molecule has 0 aliphatic carbocycles. The number of carbonyl (C=O) groups excluding carboxylic acids is 1. The maximum atomic E-state index is 11.8. The molecule has 1 aromatic rings. The van der Waals surface area contributed by atoms with Crippen molar-refractivity contribution in [2.24, 2.45) is 0 Å². The van der Waals surface area contributed by atoms with E-state index in [9.17, 15) is 15.2 Å². The lowest BCUT2D eigenvalue weighted by molar-refractivity contribution is -0.142. The Morgan fingerprint density at radius 2 is 2.27 bits per heavy atom. The maximum absolute atomic E-state index is 11.8. The van der Waals surface area contributed by atoms with E-state index in [1.165, 1.54) is 0 Å². The van der Waals surface area contributed by atoms with Gasteiger partial charge < -0.3 is 25.4 Å². The number of rotatable bonds is 6. The number of aromatic nitrogens is 2. The number of anilines is 1. The molecule has 0 spiro atoms. The predicted molar refractivity (Wildman–Crippen MR) is 124 cm³/mol. The maximum Gasteiger partial charge on any atom is 0.248 e. The summed E-state index contributed by atoms with van der Waals surface area (Å²) in [6, 6.07) is 2.24. The number of dihydropyridines is 1. The van der Waals surface area contributed by atoms with Crippen LogP contribution < -0.4 is 10.6 Å². The number of allylic oxidation sites excluding steroid dienone is 4. The van der Waals surface area contributed by atoms with Gasteiger partial charge in [-0.1, -0.05) is 11.8 Å². The van der Waals surface area contributed by atoms with Crippen LogP contribution >= 0.6 is 0 Å². The Bertz CT molecular complexity index is 1100. The van der Waals surface area contributed by atoms with Gasteiger partial charge in [-0.05, 0) is 44.9 Å². The molecule has 3 heterocycles. The van der Waals surface area contributed by atoms with Crippen molar-refractivity contribution >= 4 is 17.4 Å². The van der Waals surface area contributed by atoms with Gasteiger partial charge in [0.2, 0.25) is 11.9 Å². The predicted octanol–water partition coefficient (Wildman–Crippen LogP) is 1.50. The van der Waals surface area contributed by atoms with Crippen molar-refractivity contribution in [2.75, 3.05) is 38.2 Å². The summed E-state index contributed by atoms with van der Waals surface area (Å²) < 4.78 is 5.14. The van der Waals surface area contributed by atoms with Crippen molar-refractivity contribution in [2.45, 2.75) is 32.8 Å². The number of morpholine rings is 1. The van der Waals surface area contributed by atoms with Crippen LogP contribution in [0.5, 0.6) is 0 Å².